The number of unbranched alkanes of at least 4 members (excludes halogenated alkanes) is 2. The van der Waals surface area contributed by atoms with Gasteiger partial charge < -0.3 is 5.32 Å². The maximum absolute atomic E-state index is 11.5. The zero-order chi connectivity index (χ0) is 13.8. The molecule has 1 N–H and O–H groups in total. The molecular weight excluding hydrogens is 222 g/mol. The Hall–Kier alpha value is -1.31. The molecule has 0 radical (unpaired) electrons. The molecule has 18 heavy (non-hydrogen) atoms. The first-order chi connectivity index (χ1) is 8.76. The van der Waals surface area contributed by atoms with Crippen LogP contribution >= 0.6 is 0 Å². The first kappa shape index (κ1) is 16.7. The molecule has 0 saturated heterocycles. The van der Waals surface area contributed by atoms with Crippen molar-refractivity contribution >= 4 is 11.6 Å². The van der Waals surface area contributed by atoms with Crippen LogP contribution in [0.5, 0.6) is 0 Å². The summed E-state index contributed by atoms with van der Waals surface area (Å²) in [7, 11) is 0. The Kier molecular flexibility index (Phi) is 10.0. The van der Waals surface area contributed by atoms with Gasteiger partial charge in [-0.05, 0) is 30.5 Å². The summed E-state index contributed by atoms with van der Waals surface area (Å²) in [5, 5.41) is 2.91. The van der Waals surface area contributed by atoms with Crippen molar-refractivity contribution in [2.75, 3.05) is 5.32 Å². The van der Waals surface area contributed by atoms with Gasteiger partial charge in [-0.25, -0.2) is 0 Å². The normalized spacial score (nSPS) is 9.33. The molecule has 1 rings (SSSR count). The van der Waals surface area contributed by atoms with Crippen molar-refractivity contribution in [3.63, 3.8) is 0 Å². The minimum Gasteiger partial charge on any atom is -0.326 e. The molecule has 0 fully saturated rings. The highest BCUT2D eigenvalue weighted by Crippen LogP contribution is 2.11. The zero-order valence-corrected chi connectivity index (χ0v) is 12.3. The lowest BCUT2D eigenvalue weighted by Crippen LogP contribution is -2.10. The van der Waals surface area contributed by atoms with Crippen LogP contribution in [-0.2, 0) is 11.2 Å². The fourth-order valence-electron chi connectivity index (χ4n) is 1.58. The highest BCUT2D eigenvalue weighted by Gasteiger charge is 2.01. The molecule has 0 aromatic heterocycles. The number of carbonyl (C=O) groups excluding carboxylic acids is 1. The molecule has 1 aromatic carbocycles. The molecule has 0 bridgehead atoms. The molecule has 0 aliphatic heterocycles. The van der Waals surface area contributed by atoms with Gasteiger partial charge in [0, 0.05) is 13.5 Å². The van der Waals surface area contributed by atoms with E-state index in [0.717, 1.165) is 31.4 Å². The molecule has 1 amide bonds. The largest absolute Gasteiger partial charge is 0.326 e. The second-order valence-electron chi connectivity index (χ2n) is 4.06. The topological polar surface area (TPSA) is 29.1 Å². The molecular formula is C16H29NO. The van der Waals surface area contributed by atoms with E-state index in [9.17, 15) is 4.79 Å². The fraction of sp³-hybridized carbons (Fsp3) is 0.562. The van der Waals surface area contributed by atoms with Crippen LogP contribution in [0.2, 0.25) is 0 Å². The maximum Gasteiger partial charge on any atom is 0.224 e. The van der Waals surface area contributed by atoms with Crippen LogP contribution in [0.1, 0.15) is 60.4 Å². The molecule has 1 aromatic rings. The number of aryl methyl sites for hydroxylation is 1. The molecule has 0 aliphatic carbocycles. The Labute approximate surface area is 113 Å². The standard InChI is InChI=1S/C14H21NO.C2H6.H2/c1-3-5-6-7-14(16)15-13-10-8-12(4-2)9-11-13;1-2;/h8-11H,3-7H2,1-2H3,(H,15,16);1-2H3;1H. The van der Waals surface area contributed by atoms with Gasteiger partial charge in [-0.1, -0.05) is 52.7 Å². The Bertz CT molecular complexity index is 322. The Morgan fingerprint density at radius 1 is 1.11 bits per heavy atom. The average molecular weight is 251 g/mol. The van der Waals surface area contributed by atoms with E-state index in [1.807, 2.05) is 26.0 Å². The first-order valence-corrected chi connectivity index (χ1v) is 7.15. The van der Waals surface area contributed by atoms with Crippen LogP contribution in [0, 0.1) is 0 Å². The summed E-state index contributed by atoms with van der Waals surface area (Å²) in [5.74, 6) is 0.123. The summed E-state index contributed by atoms with van der Waals surface area (Å²) in [6.07, 6.45) is 4.92. The molecule has 0 heterocycles. The van der Waals surface area contributed by atoms with Gasteiger partial charge in [0.15, 0.2) is 0 Å². The highest BCUT2D eigenvalue weighted by molar-refractivity contribution is 5.90. The second-order valence-corrected chi connectivity index (χ2v) is 4.06. The van der Waals surface area contributed by atoms with E-state index in [1.54, 1.807) is 0 Å². The lowest BCUT2D eigenvalue weighted by Gasteiger charge is -2.05. The molecule has 2 nitrogen and oxygen atoms in total. The van der Waals surface area contributed by atoms with Crippen molar-refractivity contribution in [1.82, 2.24) is 0 Å². The number of carbonyl (C=O) groups is 1. The van der Waals surface area contributed by atoms with E-state index in [2.05, 4.69) is 31.3 Å². The number of rotatable bonds is 6. The smallest absolute Gasteiger partial charge is 0.224 e. The van der Waals surface area contributed by atoms with Crippen LogP contribution in [0.4, 0.5) is 5.69 Å². The second kappa shape index (κ2) is 10.8. The molecule has 0 aliphatic rings. The number of hydrogen-bond acceptors (Lipinski definition) is 1. The van der Waals surface area contributed by atoms with Gasteiger partial charge in [0.1, 0.15) is 0 Å². The molecule has 0 atom stereocenters. The Balaban J connectivity index is 0. The van der Waals surface area contributed by atoms with E-state index >= 15 is 0 Å². The summed E-state index contributed by atoms with van der Waals surface area (Å²) >= 11 is 0. The maximum atomic E-state index is 11.5. The molecule has 104 valence electrons. The summed E-state index contributed by atoms with van der Waals surface area (Å²) in [6.45, 7) is 8.26. The third-order valence-electron chi connectivity index (χ3n) is 2.65. The van der Waals surface area contributed by atoms with Gasteiger partial charge in [0.2, 0.25) is 5.91 Å². The monoisotopic (exact) mass is 251 g/mol. The van der Waals surface area contributed by atoms with Crippen molar-refractivity contribution in [2.24, 2.45) is 0 Å². The molecule has 0 saturated carbocycles. The first-order valence-electron chi connectivity index (χ1n) is 7.15. The summed E-state index contributed by atoms with van der Waals surface area (Å²) in [6, 6.07) is 8.05. The summed E-state index contributed by atoms with van der Waals surface area (Å²) in [4.78, 5) is 11.5. The third-order valence-corrected chi connectivity index (χ3v) is 2.65. The van der Waals surface area contributed by atoms with Gasteiger partial charge in [0.25, 0.3) is 0 Å². The molecule has 0 spiro atoms. The predicted octanol–water partition coefficient (Wildman–Crippen LogP) is 5.04. The minimum atomic E-state index is 0. The summed E-state index contributed by atoms with van der Waals surface area (Å²) in [5.41, 5.74) is 2.20. The van der Waals surface area contributed by atoms with Crippen molar-refractivity contribution in [1.29, 1.82) is 0 Å². The number of amides is 1. The number of hydrogen-bond donors (Lipinski definition) is 1. The van der Waals surface area contributed by atoms with Gasteiger partial charge in [-0.3, -0.25) is 4.79 Å². The lowest BCUT2D eigenvalue weighted by atomic mass is 10.1. The van der Waals surface area contributed by atoms with E-state index in [1.165, 1.54) is 5.56 Å². The van der Waals surface area contributed by atoms with Crippen molar-refractivity contribution in [2.45, 2.75) is 59.8 Å². The van der Waals surface area contributed by atoms with E-state index in [0.29, 0.717) is 6.42 Å². The third kappa shape index (κ3) is 7.10. The quantitative estimate of drug-likeness (QED) is 0.705. The zero-order valence-electron chi connectivity index (χ0n) is 12.3. The Morgan fingerprint density at radius 3 is 2.22 bits per heavy atom. The predicted molar refractivity (Wildman–Crippen MR) is 82.1 cm³/mol. The van der Waals surface area contributed by atoms with E-state index in [-0.39, 0.29) is 7.33 Å². The van der Waals surface area contributed by atoms with Crippen molar-refractivity contribution < 1.29 is 6.22 Å². The Morgan fingerprint density at radius 2 is 1.72 bits per heavy atom. The highest BCUT2D eigenvalue weighted by atomic mass is 16.1. The van der Waals surface area contributed by atoms with Crippen LogP contribution in [-0.4, -0.2) is 5.91 Å². The van der Waals surface area contributed by atoms with Crippen LogP contribution in [0.25, 0.3) is 0 Å². The van der Waals surface area contributed by atoms with Crippen LogP contribution in [0.3, 0.4) is 0 Å². The molecule has 0 unspecified atom stereocenters. The minimum absolute atomic E-state index is 0. The number of benzene rings is 1. The van der Waals surface area contributed by atoms with E-state index < -0.39 is 0 Å². The van der Waals surface area contributed by atoms with Crippen molar-refractivity contribution in [3.05, 3.63) is 29.8 Å². The van der Waals surface area contributed by atoms with Gasteiger partial charge in [0.05, 0.1) is 0 Å². The molecule has 2 heteroatoms. The van der Waals surface area contributed by atoms with Gasteiger partial charge >= 0.3 is 0 Å². The SMILES string of the molecule is CC.CCCCCC(=O)Nc1ccc(CC)cc1.[HH]. The summed E-state index contributed by atoms with van der Waals surface area (Å²) < 4.78 is 0. The van der Waals surface area contributed by atoms with Gasteiger partial charge in [-0.15, -0.1) is 0 Å². The number of nitrogens with one attached hydrogen (secondary N) is 1. The lowest BCUT2D eigenvalue weighted by molar-refractivity contribution is -0.116. The number of anilines is 1. The van der Waals surface area contributed by atoms with E-state index in [4.69, 9.17) is 0 Å². The van der Waals surface area contributed by atoms with Gasteiger partial charge in [-0.2, -0.15) is 0 Å². The average Bonchev–Trinajstić information content (AvgIpc) is 2.42. The van der Waals surface area contributed by atoms with Crippen LogP contribution < -0.4 is 5.32 Å². The fourth-order valence-corrected chi connectivity index (χ4v) is 1.58. The van der Waals surface area contributed by atoms with Crippen molar-refractivity contribution in [3.8, 4) is 0 Å². The van der Waals surface area contributed by atoms with Crippen LogP contribution in [0.15, 0.2) is 24.3 Å².